The molecule has 18 heavy (non-hydrogen) atoms. The Bertz CT molecular complexity index is 293. The van der Waals surface area contributed by atoms with Crippen LogP contribution in [-0.4, -0.2) is 41.8 Å². The van der Waals surface area contributed by atoms with E-state index in [-0.39, 0.29) is 6.09 Å². The summed E-state index contributed by atoms with van der Waals surface area (Å²) in [5.74, 6) is 0. The van der Waals surface area contributed by atoms with E-state index < -0.39 is 5.60 Å². The number of rotatable bonds is 1. The second-order valence-corrected chi connectivity index (χ2v) is 6.44. The third kappa shape index (κ3) is 3.37. The summed E-state index contributed by atoms with van der Waals surface area (Å²) in [4.78, 5) is 14.1. The van der Waals surface area contributed by atoms with Crippen molar-refractivity contribution in [1.29, 1.82) is 0 Å². The van der Waals surface area contributed by atoms with Crippen LogP contribution in [0.1, 0.15) is 52.9 Å². The van der Waals surface area contributed by atoms with E-state index in [0.717, 1.165) is 25.9 Å². The average Bonchev–Trinajstić information content (AvgIpc) is 2.76. The van der Waals surface area contributed by atoms with Crippen LogP contribution in [0.2, 0.25) is 0 Å². The van der Waals surface area contributed by atoms with Crippen molar-refractivity contribution in [2.45, 2.75) is 70.6 Å². The maximum absolute atomic E-state index is 12.2. The van der Waals surface area contributed by atoms with Crippen molar-refractivity contribution >= 4 is 6.09 Å². The Kier molecular flexibility index (Phi) is 4.15. The zero-order valence-electron chi connectivity index (χ0n) is 11.9. The van der Waals surface area contributed by atoms with Crippen molar-refractivity contribution in [2.24, 2.45) is 0 Å². The van der Waals surface area contributed by atoms with E-state index in [4.69, 9.17) is 4.74 Å². The van der Waals surface area contributed by atoms with Gasteiger partial charge in [-0.1, -0.05) is 6.42 Å². The fourth-order valence-corrected chi connectivity index (χ4v) is 2.97. The number of carbonyl (C=O) groups excluding carboxylic acids is 1. The zero-order chi connectivity index (χ0) is 13.2. The normalized spacial score (nSPS) is 29.4. The van der Waals surface area contributed by atoms with Crippen LogP contribution in [0.15, 0.2) is 0 Å². The smallest absolute Gasteiger partial charge is 0.410 e. The molecule has 0 aromatic rings. The summed E-state index contributed by atoms with van der Waals surface area (Å²) in [6, 6.07) is 0.800. The van der Waals surface area contributed by atoms with Gasteiger partial charge in [0.1, 0.15) is 5.60 Å². The van der Waals surface area contributed by atoms with E-state index in [1.165, 1.54) is 19.3 Å². The first-order chi connectivity index (χ1) is 8.47. The predicted molar refractivity (Wildman–Crippen MR) is 71.6 cm³/mol. The van der Waals surface area contributed by atoms with Gasteiger partial charge in [0.25, 0.3) is 0 Å². The summed E-state index contributed by atoms with van der Waals surface area (Å²) in [5.41, 5.74) is -0.399. The Morgan fingerprint density at radius 3 is 2.61 bits per heavy atom. The molecule has 2 saturated heterocycles. The van der Waals surface area contributed by atoms with Gasteiger partial charge in [-0.25, -0.2) is 4.79 Å². The highest BCUT2D eigenvalue weighted by Gasteiger charge is 2.37. The van der Waals surface area contributed by atoms with Gasteiger partial charge in [0.2, 0.25) is 0 Å². The van der Waals surface area contributed by atoms with Crippen LogP contribution in [0.3, 0.4) is 0 Å². The van der Waals surface area contributed by atoms with Gasteiger partial charge in [-0.3, -0.25) is 0 Å². The summed E-state index contributed by atoms with van der Waals surface area (Å²) < 4.78 is 5.50. The first kappa shape index (κ1) is 13.7. The molecule has 2 heterocycles. The summed E-state index contributed by atoms with van der Waals surface area (Å²) in [6.07, 6.45) is 5.78. The standard InChI is InChI=1S/C14H26N2O2/c1-14(2,3)18-13(17)16-10-6-8-12(16)11-7-4-5-9-15-11/h11-12,15H,4-10H2,1-3H3/t11-,12+/m1/s1. The maximum Gasteiger partial charge on any atom is 0.410 e. The highest BCUT2D eigenvalue weighted by atomic mass is 16.6. The topological polar surface area (TPSA) is 41.6 Å². The lowest BCUT2D eigenvalue weighted by atomic mass is 9.96. The molecule has 2 rings (SSSR count). The van der Waals surface area contributed by atoms with Gasteiger partial charge in [0, 0.05) is 12.6 Å². The minimum atomic E-state index is -0.399. The van der Waals surface area contributed by atoms with Crippen molar-refractivity contribution in [2.75, 3.05) is 13.1 Å². The first-order valence-electron chi connectivity index (χ1n) is 7.20. The van der Waals surface area contributed by atoms with Crippen molar-refractivity contribution in [3.05, 3.63) is 0 Å². The summed E-state index contributed by atoms with van der Waals surface area (Å²) >= 11 is 0. The fourth-order valence-electron chi connectivity index (χ4n) is 2.97. The number of hydrogen-bond donors (Lipinski definition) is 1. The Morgan fingerprint density at radius 2 is 2.00 bits per heavy atom. The molecule has 0 unspecified atom stereocenters. The molecule has 2 fully saturated rings. The Hall–Kier alpha value is -0.770. The quantitative estimate of drug-likeness (QED) is 0.782. The van der Waals surface area contributed by atoms with Gasteiger partial charge >= 0.3 is 6.09 Å². The van der Waals surface area contributed by atoms with E-state index in [1.807, 2.05) is 25.7 Å². The van der Waals surface area contributed by atoms with Crippen molar-refractivity contribution in [3.8, 4) is 0 Å². The molecule has 0 aromatic heterocycles. The third-order valence-electron chi connectivity index (χ3n) is 3.74. The zero-order valence-corrected chi connectivity index (χ0v) is 11.9. The SMILES string of the molecule is CC(C)(C)OC(=O)N1CCC[C@H]1[C@H]1CCCCN1. The lowest BCUT2D eigenvalue weighted by Crippen LogP contribution is -2.51. The van der Waals surface area contributed by atoms with Crippen LogP contribution in [0, 0.1) is 0 Å². The van der Waals surface area contributed by atoms with Gasteiger partial charge in [0.15, 0.2) is 0 Å². The Morgan fingerprint density at radius 1 is 1.22 bits per heavy atom. The molecule has 2 aliphatic rings. The number of nitrogens with zero attached hydrogens (tertiary/aromatic N) is 1. The molecule has 0 spiro atoms. The Balaban J connectivity index is 1.96. The number of piperidine rings is 1. The van der Waals surface area contributed by atoms with Crippen LogP contribution >= 0.6 is 0 Å². The molecule has 0 saturated carbocycles. The first-order valence-corrected chi connectivity index (χ1v) is 7.20. The number of ether oxygens (including phenoxy) is 1. The molecular weight excluding hydrogens is 228 g/mol. The highest BCUT2D eigenvalue weighted by Crippen LogP contribution is 2.26. The summed E-state index contributed by atoms with van der Waals surface area (Å²) in [7, 11) is 0. The molecule has 0 radical (unpaired) electrons. The van der Waals surface area contributed by atoms with Crippen LogP contribution in [0.4, 0.5) is 4.79 Å². The molecule has 0 aromatic carbocycles. The van der Waals surface area contributed by atoms with E-state index >= 15 is 0 Å². The minimum absolute atomic E-state index is 0.141. The summed E-state index contributed by atoms with van der Waals surface area (Å²) in [5, 5.41) is 3.56. The van der Waals surface area contributed by atoms with Gasteiger partial charge in [-0.05, 0) is 53.0 Å². The van der Waals surface area contributed by atoms with E-state index in [0.29, 0.717) is 12.1 Å². The monoisotopic (exact) mass is 254 g/mol. The van der Waals surface area contributed by atoms with E-state index in [1.54, 1.807) is 0 Å². The molecular formula is C14H26N2O2. The summed E-state index contributed by atoms with van der Waals surface area (Å²) in [6.45, 7) is 7.71. The van der Waals surface area contributed by atoms with Crippen LogP contribution in [-0.2, 0) is 4.74 Å². The average molecular weight is 254 g/mol. The molecule has 0 bridgehead atoms. The molecule has 4 heteroatoms. The number of likely N-dealkylation sites (tertiary alicyclic amines) is 1. The van der Waals surface area contributed by atoms with Gasteiger partial charge < -0.3 is 15.0 Å². The van der Waals surface area contributed by atoms with Crippen molar-refractivity contribution in [1.82, 2.24) is 10.2 Å². The van der Waals surface area contributed by atoms with Crippen LogP contribution < -0.4 is 5.32 Å². The van der Waals surface area contributed by atoms with Crippen molar-refractivity contribution < 1.29 is 9.53 Å². The number of nitrogens with one attached hydrogen (secondary N) is 1. The van der Waals surface area contributed by atoms with Crippen LogP contribution in [0.25, 0.3) is 0 Å². The van der Waals surface area contributed by atoms with Crippen LogP contribution in [0.5, 0.6) is 0 Å². The lowest BCUT2D eigenvalue weighted by molar-refractivity contribution is 0.0186. The molecule has 1 N–H and O–H groups in total. The molecule has 4 nitrogen and oxygen atoms in total. The molecule has 104 valence electrons. The molecule has 0 aliphatic carbocycles. The van der Waals surface area contributed by atoms with Gasteiger partial charge in [-0.15, -0.1) is 0 Å². The number of hydrogen-bond acceptors (Lipinski definition) is 3. The van der Waals surface area contributed by atoms with E-state index in [9.17, 15) is 4.79 Å². The third-order valence-corrected chi connectivity index (χ3v) is 3.74. The van der Waals surface area contributed by atoms with E-state index in [2.05, 4.69) is 5.32 Å². The number of amides is 1. The predicted octanol–water partition coefficient (Wildman–Crippen LogP) is 2.53. The Labute approximate surface area is 110 Å². The maximum atomic E-state index is 12.2. The second kappa shape index (κ2) is 5.47. The largest absolute Gasteiger partial charge is 0.444 e. The molecule has 2 atom stereocenters. The second-order valence-electron chi connectivity index (χ2n) is 6.44. The van der Waals surface area contributed by atoms with Gasteiger partial charge in [0.05, 0.1) is 6.04 Å². The molecule has 1 amide bonds. The highest BCUT2D eigenvalue weighted by molar-refractivity contribution is 5.69. The van der Waals surface area contributed by atoms with Gasteiger partial charge in [-0.2, -0.15) is 0 Å². The minimum Gasteiger partial charge on any atom is -0.444 e. The molecule has 2 aliphatic heterocycles. The lowest BCUT2D eigenvalue weighted by Gasteiger charge is -2.35. The fraction of sp³-hybridized carbons (Fsp3) is 0.929. The number of carbonyl (C=O) groups is 1. The van der Waals surface area contributed by atoms with Crippen molar-refractivity contribution in [3.63, 3.8) is 0 Å².